The van der Waals surface area contributed by atoms with E-state index in [1.54, 1.807) is 0 Å². The number of hydrogen-bond donors (Lipinski definition) is 1. The molecule has 0 unspecified atom stereocenters. The molecule has 1 aromatic rings. The van der Waals surface area contributed by atoms with E-state index in [0.717, 1.165) is 43.5 Å². The lowest BCUT2D eigenvalue weighted by molar-refractivity contribution is -0.133. The predicted molar refractivity (Wildman–Crippen MR) is 81.5 cm³/mol. The molecule has 1 aromatic carbocycles. The second-order valence-electron chi connectivity index (χ2n) is 6.48. The maximum atomic E-state index is 12.9. The van der Waals surface area contributed by atoms with E-state index < -0.39 is 0 Å². The molecule has 2 heterocycles. The summed E-state index contributed by atoms with van der Waals surface area (Å²) in [7, 11) is 0. The van der Waals surface area contributed by atoms with Crippen molar-refractivity contribution in [2.45, 2.75) is 18.3 Å². The summed E-state index contributed by atoms with van der Waals surface area (Å²) >= 11 is 3.47. The van der Waals surface area contributed by atoms with Gasteiger partial charge in [0.25, 0.3) is 0 Å². The molecule has 0 spiro atoms. The molecule has 0 bridgehead atoms. The Morgan fingerprint density at radius 3 is 2.30 bits per heavy atom. The molecule has 1 aliphatic carbocycles. The number of likely N-dealkylation sites (tertiary alicyclic amines) is 1. The Balaban J connectivity index is 1.55. The van der Waals surface area contributed by atoms with Gasteiger partial charge in [0, 0.05) is 30.7 Å². The molecule has 1 amide bonds. The van der Waals surface area contributed by atoms with E-state index >= 15 is 0 Å². The lowest BCUT2D eigenvalue weighted by Crippen LogP contribution is -2.39. The van der Waals surface area contributed by atoms with Crippen LogP contribution < -0.4 is 5.32 Å². The fraction of sp³-hybridized carbons (Fsp3) is 0.562. The fourth-order valence-electron chi connectivity index (χ4n) is 3.84. The van der Waals surface area contributed by atoms with Crippen molar-refractivity contribution in [2.75, 3.05) is 26.2 Å². The number of hydrogen-bond acceptors (Lipinski definition) is 2. The Kier molecular flexibility index (Phi) is 2.93. The van der Waals surface area contributed by atoms with Crippen LogP contribution in [0.25, 0.3) is 0 Å². The van der Waals surface area contributed by atoms with E-state index in [2.05, 4.69) is 38.3 Å². The molecule has 3 aliphatic rings. The number of fused-ring (bicyclic) bond motifs is 1. The van der Waals surface area contributed by atoms with Crippen molar-refractivity contribution >= 4 is 21.8 Å². The van der Waals surface area contributed by atoms with E-state index in [9.17, 15) is 4.79 Å². The predicted octanol–water partition coefficient (Wildman–Crippen LogP) is 2.16. The largest absolute Gasteiger partial charge is 0.341 e. The van der Waals surface area contributed by atoms with Gasteiger partial charge in [-0.3, -0.25) is 4.79 Å². The van der Waals surface area contributed by atoms with Gasteiger partial charge in [-0.15, -0.1) is 0 Å². The quantitative estimate of drug-likeness (QED) is 0.898. The van der Waals surface area contributed by atoms with Gasteiger partial charge in [-0.25, -0.2) is 0 Å². The van der Waals surface area contributed by atoms with Crippen LogP contribution in [0.15, 0.2) is 28.7 Å². The van der Waals surface area contributed by atoms with Crippen LogP contribution in [-0.2, 0) is 10.2 Å². The number of carbonyl (C=O) groups excluding carboxylic acids is 1. The molecule has 0 radical (unpaired) electrons. The van der Waals surface area contributed by atoms with Crippen LogP contribution in [0.5, 0.6) is 0 Å². The first kappa shape index (κ1) is 12.8. The highest BCUT2D eigenvalue weighted by Crippen LogP contribution is 2.50. The summed E-state index contributed by atoms with van der Waals surface area (Å²) in [6.07, 6.45) is 2.02. The molecule has 4 rings (SSSR count). The van der Waals surface area contributed by atoms with Crippen LogP contribution in [0.1, 0.15) is 18.4 Å². The number of amides is 1. The van der Waals surface area contributed by atoms with Crippen LogP contribution in [-0.4, -0.2) is 37.0 Å². The average molecular weight is 335 g/mol. The Bertz CT molecular complexity index is 526. The molecule has 2 atom stereocenters. The van der Waals surface area contributed by atoms with E-state index in [-0.39, 0.29) is 5.41 Å². The maximum absolute atomic E-state index is 12.9. The smallest absolute Gasteiger partial charge is 0.233 e. The first-order valence-corrected chi connectivity index (χ1v) is 8.24. The Labute approximate surface area is 127 Å². The van der Waals surface area contributed by atoms with Crippen LogP contribution in [0.3, 0.4) is 0 Å². The molecule has 2 aliphatic heterocycles. The van der Waals surface area contributed by atoms with Gasteiger partial charge in [0.05, 0.1) is 5.41 Å². The lowest BCUT2D eigenvalue weighted by Gasteiger charge is -2.24. The van der Waals surface area contributed by atoms with Crippen LogP contribution in [0.4, 0.5) is 0 Å². The van der Waals surface area contributed by atoms with Crippen molar-refractivity contribution in [3.8, 4) is 0 Å². The zero-order chi connectivity index (χ0) is 13.7. The highest BCUT2D eigenvalue weighted by Gasteiger charge is 2.54. The monoisotopic (exact) mass is 334 g/mol. The minimum Gasteiger partial charge on any atom is -0.341 e. The van der Waals surface area contributed by atoms with Gasteiger partial charge >= 0.3 is 0 Å². The zero-order valence-electron chi connectivity index (χ0n) is 11.4. The summed E-state index contributed by atoms with van der Waals surface area (Å²) < 4.78 is 1.08. The van der Waals surface area contributed by atoms with E-state index in [4.69, 9.17) is 0 Å². The molecule has 4 heteroatoms. The van der Waals surface area contributed by atoms with E-state index in [0.29, 0.717) is 17.7 Å². The minimum atomic E-state index is -0.202. The Morgan fingerprint density at radius 1 is 1.15 bits per heavy atom. The number of carbonyl (C=O) groups is 1. The normalized spacial score (nSPS) is 30.4. The molecule has 0 aromatic heterocycles. The maximum Gasteiger partial charge on any atom is 0.233 e. The average Bonchev–Trinajstić information content (AvgIpc) is 2.97. The Hall–Kier alpha value is -0.870. The standard InChI is InChI=1S/C16H19BrN2O/c17-14-3-1-13(2-4-14)16(5-6-16)15(20)19-9-11-7-18-8-12(11)10-19/h1-4,11-12,18H,5-10H2/t11-,12+. The summed E-state index contributed by atoms with van der Waals surface area (Å²) in [5, 5.41) is 3.43. The van der Waals surface area contributed by atoms with Crippen molar-refractivity contribution in [1.29, 1.82) is 0 Å². The second kappa shape index (κ2) is 4.57. The molecule has 2 saturated heterocycles. The van der Waals surface area contributed by atoms with Gasteiger partial charge in [-0.1, -0.05) is 28.1 Å². The van der Waals surface area contributed by atoms with Gasteiger partial charge in [-0.2, -0.15) is 0 Å². The summed E-state index contributed by atoms with van der Waals surface area (Å²) in [4.78, 5) is 15.1. The van der Waals surface area contributed by atoms with Crippen LogP contribution in [0.2, 0.25) is 0 Å². The summed E-state index contributed by atoms with van der Waals surface area (Å²) in [5.74, 6) is 1.73. The highest BCUT2D eigenvalue weighted by atomic mass is 79.9. The van der Waals surface area contributed by atoms with Crippen molar-refractivity contribution in [3.63, 3.8) is 0 Å². The molecule has 1 N–H and O–H groups in total. The summed E-state index contributed by atoms with van der Waals surface area (Å²) in [6.45, 7) is 4.07. The van der Waals surface area contributed by atoms with Crippen LogP contribution >= 0.6 is 15.9 Å². The Morgan fingerprint density at radius 2 is 1.75 bits per heavy atom. The molecule has 3 fully saturated rings. The third kappa shape index (κ3) is 1.92. The van der Waals surface area contributed by atoms with E-state index in [1.807, 2.05) is 12.1 Å². The molecular formula is C16H19BrN2O. The van der Waals surface area contributed by atoms with Crippen molar-refractivity contribution < 1.29 is 4.79 Å². The molecule has 3 nitrogen and oxygen atoms in total. The molecule has 1 saturated carbocycles. The first-order chi connectivity index (χ1) is 9.69. The molecule has 106 valence electrons. The summed E-state index contributed by atoms with van der Waals surface area (Å²) in [5.41, 5.74) is 0.994. The van der Waals surface area contributed by atoms with Gasteiger partial charge in [0.15, 0.2) is 0 Å². The van der Waals surface area contributed by atoms with Crippen LogP contribution in [0, 0.1) is 11.8 Å². The third-order valence-electron chi connectivity index (χ3n) is 5.23. The highest BCUT2D eigenvalue weighted by molar-refractivity contribution is 9.10. The van der Waals surface area contributed by atoms with E-state index in [1.165, 1.54) is 5.56 Å². The SMILES string of the molecule is O=C(N1C[C@H]2CNC[C@H]2C1)C1(c2ccc(Br)cc2)CC1. The van der Waals surface area contributed by atoms with Crippen molar-refractivity contribution in [3.05, 3.63) is 34.3 Å². The van der Waals surface area contributed by atoms with Crippen molar-refractivity contribution in [1.82, 2.24) is 10.2 Å². The molecular weight excluding hydrogens is 316 g/mol. The number of nitrogens with one attached hydrogen (secondary N) is 1. The number of benzene rings is 1. The van der Waals surface area contributed by atoms with Gasteiger partial charge in [-0.05, 0) is 42.4 Å². The lowest BCUT2D eigenvalue weighted by atomic mass is 9.94. The summed E-state index contributed by atoms with van der Waals surface area (Å²) in [6, 6.07) is 8.30. The first-order valence-electron chi connectivity index (χ1n) is 7.45. The van der Waals surface area contributed by atoms with Gasteiger partial charge in [0.2, 0.25) is 5.91 Å². The number of rotatable bonds is 2. The third-order valence-corrected chi connectivity index (χ3v) is 5.76. The topological polar surface area (TPSA) is 32.3 Å². The second-order valence-corrected chi connectivity index (χ2v) is 7.39. The molecule has 20 heavy (non-hydrogen) atoms. The van der Waals surface area contributed by atoms with Crippen molar-refractivity contribution in [2.24, 2.45) is 11.8 Å². The van der Waals surface area contributed by atoms with Gasteiger partial charge < -0.3 is 10.2 Å². The fourth-order valence-corrected chi connectivity index (χ4v) is 4.11. The minimum absolute atomic E-state index is 0.202. The number of halogens is 1. The number of nitrogens with zero attached hydrogens (tertiary/aromatic N) is 1. The zero-order valence-corrected chi connectivity index (χ0v) is 13.0. The van der Waals surface area contributed by atoms with Gasteiger partial charge in [0.1, 0.15) is 0 Å².